The summed E-state index contributed by atoms with van der Waals surface area (Å²) in [5, 5.41) is 2.86. The summed E-state index contributed by atoms with van der Waals surface area (Å²) < 4.78 is 0. The Morgan fingerprint density at radius 2 is 1.74 bits per heavy atom. The van der Waals surface area contributed by atoms with Gasteiger partial charge in [0.2, 0.25) is 5.91 Å². The number of rotatable bonds is 2. The van der Waals surface area contributed by atoms with Crippen LogP contribution in [0.3, 0.4) is 0 Å². The van der Waals surface area contributed by atoms with E-state index in [-0.39, 0.29) is 18.4 Å². The van der Waals surface area contributed by atoms with Crippen LogP contribution in [-0.4, -0.2) is 52.8 Å². The first-order valence-corrected chi connectivity index (χ1v) is 8.83. The van der Waals surface area contributed by atoms with E-state index in [1.807, 2.05) is 4.90 Å². The van der Waals surface area contributed by atoms with E-state index in [4.69, 9.17) is 0 Å². The Kier molecular flexibility index (Phi) is 4.34. The van der Waals surface area contributed by atoms with Crippen molar-refractivity contribution in [1.82, 2.24) is 15.1 Å². The van der Waals surface area contributed by atoms with Gasteiger partial charge in [-0.25, -0.2) is 4.79 Å². The predicted octanol–water partition coefficient (Wildman–Crippen LogP) is 1.75. The highest BCUT2D eigenvalue weighted by Crippen LogP contribution is 2.33. The maximum absolute atomic E-state index is 12.7. The zero-order valence-corrected chi connectivity index (χ0v) is 14.1. The summed E-state index contributed by atoms with van der Waals surface area (Å²) in [6.45, 7) is 5.60. The first-order chi connectivity index (χ1) is 10.9. The highest BCUT2D eigenvalue weighted by Gasteiger charge is 2.51. The summed E-state index contributed by atoms with van der Waals surface area (Å²) in [5.41, 5.74) is -0.738. The minimum atomic E-state index is -0.738. The number of piperidine rings is 1. The van der Waals surface area contributed by atoms with Crippen molar-refractivity contribution in [2.45, 2.75) is 57.9 Å². The lowest BCUT2D eigenvalue weighted by molar-refractivity contribution is -0.141. The molecule has 2 saturated heterocycles. The molecule has 2 unspecified atom stereocenters. The summed E-state index contributed by atoms with van der Waals surface area (Å²) in [7, 11) is 0. The van der Waals surface area contributed by atoms with Crippen LogP contribution in [0.1, 0.15) is 52.4 Å². The number of hydrogen-bond acceptors (Lipinski definition) is 3. The lowest BCUT2D eigenvalue weighted by Crippen LogP contribution is -2.50. The van der Waals surface area contributed by atoms with Crippen molar-refractivity contribution < 1.29 is 14.4 Å². The Bertz CT molecular complexity index is 503. The fourth-order valence-electron chi connectivity index (χ4n) is 4.42. The Hall–Kier alpha value is -1.59. The second-order valence-corrected chi connectivity index (χ2v) is 7.71. The highest BCUT2D eigenvalue weighted by molar-refractivity contribution is 6.09. The standard InChI is InChI=1S/C17H27N3O3/c1-12-8-13(2)10-19(9-12)14(21)11-20-15(22)17(18-16(20)23)6-4-3-5-7-17/h12-13H,3-11H2,1-2H3,(H,18,23). The average Bonchev–Trinajstić information content (AvgIpc) is 2.71. The van der Waals surface area contributed by atoms with Crippen molar-refractivity contribution in [3.8, 4) is 0 Å². The van der Waals surface area contributed by atoms with Gasteiger partial charge in [-0.05, 0) is 31.1 Å². The van der Waals surface area contributed by atoms with Crippen LogP contribution in [0.15, 0.2) is 0 Å². The van der Waals surface area contributed by atoms with Gasteiger partial charge >= 0.3 is 6.03 Å². The minimum Gasteiger partial charge on any atom is -0.341 e. The zero-order valence-electron chi connectivity index (χ0n) is 14.1. The lowest BCUT2D eigenvalue weighted by atomic mass is 9.82. The summed E-state index contributed by atoms with van der Waals surface area (Å²) in [5.74, 6) is 0.624. The quantitative estimate of drug-likeness (QED) is 0.788. The van der Waals surface area contributed by atoms with Crippen molar-refractivity contribution in [3.63, 3.8) is 0 Å². The summed E-state index contributed by atoms with van der Waals surface area (Å²) in [4.78, 5) is 40.4. The van der Waals surface area contributed by atoms with Crippen molar-refractivity contribution in [2.75, 3.05) is 19.6 Å². The van der Waals surface area contributed by atoms with Gasteiger partial charge in [-0.3, -0.25) is 14.5 Å². The normalized spacial score (nSPS) is 30.7. The van der Waals surface area contributed by atoms with Crippen molar-refractivity contribution in [1.29, 1.82) is 0 Å². The molecule has 0 aromatic rings. The van der Waals surface area contributed by atoms with Gasteiger partial charge in [-0.15, -0.1) is 0 Å². The van der Waals surface area contributed by atoms with E-state index in [9.17, 15) is 14.4 Å². The summed E-state index contributed by atoms with van der Waals surface area (Å²) in [6, 6.07) is -0.400. The fourth-order valence-corrected chi connectivity index (χ4v) is 4.42. The van der Waals surface area contributed by atoms with Crippen molar-refractivity contribution in [2.24, 2.45) is 11.8 Å². The third-order valence-electron chi connectivity index (χ3n) is 5.47. The maximum atomic E-state index is 12.7. The Balaban J connectivity index is 1.66. The predicted molar refractivity (Wildman–Crippen MR) is 85.6 cm³/mol. The molecule has 3 fully saturated rings. The topological polar surface area (TPSA) is 69.7 Å². The molecule has 0 aromatic heterocycles. The van der Waals surface area contributed by atoms with Gasteiger partial charge in [0.05, 0.1) is 0 Å². The maximum Gasteiger partial charge on any atom is 0.325 e. The third kappa shape index (κ3) is 3.08. The van der Waals surface area contributed by atoms with Crippen LogP contribution in [0.4, 0.5) is 4.79 Å². The third-order valence-corrected chi connectivity index (χ3v) is 5.47. The molecule has 0 radical (unpaired) electrons. The van der Waals surface area contributed by atoms with E-state index < -0.39 is 11.6 Å². The smallest absolute Gasteiger partial charge is 0.325 e. The summed E-state index contributed by atoms with van der Waals surface area (Å²) >= 11 is 0. The molecule has 1 aliphatic carbocycles. The number of carbonyl (C=O) groups is 3. The van der Waals surface area contributed by atoms with Gasteiger partial charge in [0.25, 0.3) is 5.91 Å². The number of nitrogens with one attached hydrogen (secondary N) is 1. The Labute approximate surface area is 137 Å². The van der Waals surface area contributed by atoms with Gasteiger partial charge in [0.15, 0.2) is 0 Å². The van der Waals surface area contributed by atoms with E-state index in [2.05, 4.69) is 19.2 Å². The SMILES string of the molecule is CC1CC(C)CN(C(=O)CN2C(=O)NC3(CCCCC3)C2=O)C1. The Morgan fingerprint density at radius 1 is 1.13 bits per heavy atom. The van der Waals surface area contributed by atoms with E-state index in [1.165, 1.54) is 0 Å². The lowest BCUT2D eigenvalue weighted by Gasteiger charge is -2.35. The van der Waals surface area contributed by atoms with Crippen LogP contribution < -0.4 is 5.32 Å². The average molecular weight is 321 g/mol. The first kappa shape index (κ1) is 16.3. The molecular formula is C17H27N3O3. The molecule has 3 rings (SSSR count). The molecule has 3 aliphatic rings. The molecule has 6 heteroatoms. The van der Waals surface area contributed by atoms with Crippen molar-refractivity contribution >= 4 is 17.8 Å². The van der Waals surface area contributed by atoms with Gasteiger partial charge in [0, 0.05) is 13.1 Å². The number of amides is 4. The largest absolute Gasteiger partial charge is 0.341 e. The van der Waals surface area contributed by atoms with E-state index >= 15 is 0 Å². The molecule has 6 nitrogen and oxygen atoms in total. The van der Waals surface area contributed by atoms with Crippen LogP contribution in [0.2, 0.25) is 0 Å². The first-order valence-electron chi connectivity index (χ1n) is 8.83. The highest BCUT2D eigenvalue weighted by atomic mass is 16.2. The zero-order chi connectivity index (χ0) is 16.6. The van der Waals surface area contributed by atoms with Gasteiger partial charge in [-0.1, -0.05) is 33.1 Å². The van der Waals surface area contributed by atoms with Crippen LogP contribution in [0.5, 0.6) is 0 Å². The van der Waals surface area contributed by atoms with Crippen LogP contribution in [0, 0.1) is 11.8 Å². The fraction of sp³-hybridized carbons (Fsp3) is 0.824. The molecule has 23 heavy (non-hydrogen) atoms. The Morgan fingerprint density at radius 3 is 2.35 bits per heavy atom. The molecule has 1 saturated carbocycles. The molecule has 2 atom stereocenters. The molecule has 1 spiro atoms. The number of urea groups is 1. The second kappa shape index (κ2) is 6.13. The van der Waals surface area contributed by atoms with Crippen LogP contribution in [-0.2, 0) is 9.59 Å². The number of hydrogen-bond donors (Lipinski definition) is 1. The molecule has 1 N–H and O–H groups in total. The molecule has 4 amide bonds. The summed E-state index contributed by atoms with van der Waals surface area (Å²) in [6.07, 6.45) is 5.52. The molecule has 2 aliphatic heterocycles. The number of carbonyl (C=O) groups excluding carboxylic acids is 3. The van der Waals surface area contributed by atoms with Gasteiger partial charge in [0.1, 0.15) is 12.1 Å². The molecule has 0 bridgehead atoms. The number of nitrogens with zero attached hydrogens (tertiary/aromatic N) is 2. The molecule has 128 valence electrons. The van der Waals surface area contributed by atoms with E-state index in [0.717, 1.165) is 43.7 Å². The minimum absolute atomic E-state index is 0.111. The number of imide groups is 1. The van der Waals surface area contributed by atoms with Crippen molar-refractivity contribution in [3.05, 3.63) is 0 Å². The van der Waals surface area contributed by atoms with Gasteiger partial charge < -0.3 is 10.2 Å². The van der Waals surface area contributed by atoms with E-state index in [0.29, 0.717) is 24.7 Å². The second-order valence-electron chi connectivity index (χ2n) is 7.71. The van der Waals surface area contributed by atoms with Crippen LogP contribution >= 0.6 is 0 Å². The van der Waals surface area contributed by atoms with E-state index in [1.54, 1.807) is 0 Å². The molecular weight excluding hydrogens is 294 g/mol. The monoisotopic (exact) mass is 321 g/mol. The number of likely N-dealkylation sites (tertiary alicyclic amines) is 1. The molecule has 2 heterocycles. The van der Waals surface area contributed by atoms with Crippen LogP contribution in [0.25, 0.3) is 0 Å². The molecule has 0 aromatic carbocycles. The van der Waals surface area contributed by atoms with Gasteiger partial charge in [-0.2, -0.15) is 0 Å².